The number of amides is 2. The predicted octanol–water partition coefficient (Wildman–Crippen LogP) is 0.631. The van der Waals surface area contributed by atoms with E-state index in [0.717, 1.165) is 32.1 Å². The standard InChI is InChI=1S/C13H25N3O2/c1-3-6-10(14)9-12(17)16-8-5-4-7-11(16)13(18)15-2/h10-11H,3-9,14H2,1-2H3,(H,15,18). The SMILES string of the molecule is CCCC(N)CC(=O)N1CCCCC1C(=O)NC. The Morgan fingerprint density at radius 1 is 1.44 bits per heavy atom. The number of likely N-dealkylation sites (N-methyl/N-ethyl adjacent to an activating group) is 1. The Morgan fingerprint density at radius 3 is 2.78 bits per heavy atom. The smallest absolute Gasteiger partial charge is 0.242 e. The molecule has 0 radical (unpaired) electrons. The van der Waals surface area contributed by atoms with Gasteiger partial charge in [0.15, 0.2) is 0 Å². The van der Waals surface area contributed by atoms with Crippen LogP contribution in [0.2, 0.25) is 0 Å². The topological polar surface area (TPSA) is 75.4 Å². The van der Waals surface area contributed by atoms with E-state index in [2.05, 4.69) is 12.2 Å². The first kappa shape index (κ1) is 15.0. The first-order chi connectivity index (χ1) is 8.60. The van der Waals surface area contributed by atoms with Crippen molar-refractivity contribution in [1.29, 1.82) is 0 Å². The van der Waals surface area contributed by atoms with Crippen molar-refractivity contribution in [2.24, 2.45) is 5.73 Å². The van der Waals surface area contributed by atoms with Crippen LogP contribution in [0, 0.1) is 0 Å². The summed E-state index contributed by atoms with van der Waals surface area (Å²) in [6, 6.07) is -0.389. The Kier molecular flexibility index (Phi) is 6.12. The monoisotopic (exact) mass is 255 g/mol. The van der Waals surface area contributed by atoms with Crippen LogP contribution in [-0.2, 0) is 9.59 Å². The molecule has 1 aliphatic heterocycles. The first-order valence-corrected chi connectivity index (χ1v) is 6.86. The minimum absolute atomic E-state index is 0.0178. The second-order valence-electron chi connectivity index (χ2n) is 4.97. The lowest BCUT2D eigenvalue weighted by molar-refractivity contribution is -0.142. The van der Waals surface area contributed by atoms with Crippen molar-refractivity contribution in [3.63, 3.8) is 0 Å². The van der Waals surface area contributed by atoms with Crippen LogP contribution in [0.5, 0.6) is 0 Å². The van der Waals surface area contributed by atoms with Gasteiger partial charge in [-0.15, -0.1) is 0 Å². The molecule has 1 aliphatic rings. The number of hydrogen-bond donors (Lipinski definition) is 2. The van der Waals surface area contributed by atoms with Crippen LogP contribution in [-0.4, -0.2) is 42.4 Å². The maximum absolute atomic E-state index is 12.2. The lowest BCUT2D eigenvalue weighted by Crippen LogP contribution is -2.52. The van der Waals surface area contributed by atoms with Gasteiger partial charge in [0.1, 0.15) is 6.04 Å². The van der Waals surface area contributed by atoms with Crippen LogP contribution in [0.4, 0.5) is 0 Å². The van der Waals surface area contributed by atoms with Gasteiger partial charge >= 0.3 is 0 Å². The third-order valence-electron chi connectivity index (χ3n) is 3.47. The number of nitrogens with one attached hydrogen (secondary N) is 1. The van der Waals surface area contributed by atoms with Crippen molar-refractivity contribution in [3.05, 3.63) is 0 Å². The lowest BCUT2D eigenvalue weighted by atomic mass is 9.99. The predicted molar refractivity (Wildman–Crippen MR) is 70.9 cm³/mol. The van der Waals surface area contributed by atoms with E-state index in [1.807, 2.05) is 0 Å². The molecule has 2 unspecified atom stereocenters. The van der Waals surface area contributed by atoms with Gasteiger partial charge in [0.25, 0.3) is 0 Å². The largest absolute Gasteiger partial charge is 0.357 e. The summed E-state index contributed by atoms with van der Waals surface area (Å²) in [6.45, 7) is 2.73. The normalized spacial score (nSPS) is 21.5. The Bertz CT molecular complexity index is 294. The van der Waals surface area contributed by atoms with Crippen molar-refractivity contribution < 1.29 is 9.59 Å². The Balaban J connectivity index is 2.59. The maximum Gasteiger partial charge on any atom is 0.242 e. The second kappa shape index (κ2) is 7.36. The van der Waals surface area contributed by atoms with E-state index in [0.29, 0.717) is 13.0 Å². The van der Waals surface area contributed by atoms with Gasteiger partial charge in [0.2, 0.25) is 11.8 Å². The van der Waals surface area contributed by atoms with Crippen LogP contribution in [0.25, 0.3) is 0 Å². The number of likely N-dealkylation sites (tertiary alicyclic amines) is 1. The van der Waals surface area contributed by atoms with Crippen LogP contribution in [0.15, 0.2) is 0 Å². The van der Waals surface area contributed by atoms with Gasteiger partial charge in [-0.1, -0.05) is 13.3 Å². The highest BCUT2D eigenvalue weighted by molar-refractivity contribution is 5.87. The summed E-state index contributed by atoms with van der Waals surface area (Å²) in [6.07, 6.45) is 4.92. The first-order valence-electron chi connectivity index (χ1n) is 6.86. The Hall–Kier alpha value is -1.10. The van der Waals surface area contributed by atoms with Gasteiger partial charge < -0.3 is 16.0 Å². The number of piperidine rings is 1. The molecule has 1 fully saturated rings. The van der Waals surface area contributed by atoms with Crippen molar-refractivity contribution in [3.8, 4) is 0 Å². The molecule has 2 amide bonds. The number of carbonyl (C=O) groups excluding carboxylic acids is 2. The fourth-order valence-electron chi connectivity index (χ4n) is 2.48. The molecule has 0 aromatic rings. The van der Waals surface area contributed by atoms with Gasteiger partial charge in [-0.25, -0.2) is 0 Å². The quantitative estimate of drug-likeness (QED) is 0.756. The fraction of sp³-hybridized carbons (Fsp3) is 0.846. The van der Waals surface area contributed by atoms with Crippen molar-refractivity contribution in [1.82, 2.24) is 10.2 Å². The van der Waals surface area contributed by atoms with E-state index in [4.69, 9.17) is 5.73 Å². The molecule has 0 bridgehead atoms. The molecule has 1 rings (SSSR count). The van der Waals surface area contributed by atoms with Gasteiger partial charge in [-0.05, 0) is 25.7 Å². The summed E-state index contributed by atoms with van der Waals surface area (Å²) in [5.41, 5.74) is 5.90. The highest BCUT2D eigenvalue weighted by Crippen LogP contribution is 2.18. The zero-order valence-electron chi connectivity index (χ0n) is 11.4. The molecule has 0 aliphatic carbocycles. The molecule has 0 spiro atoms. The number of nitrogens with two attached hydrogens (primary N) is 1. The van der Waals surface area contributed by atoms with Gasteiger partial charge in [-0.3, -0.25) is 9.59 Å². The molecule has 5 nitrogen and oxygen atoms in total. The van der Waals surface area contributed by atoms with E-state index in [9.17, 15) is 9.59 Å². The highest BCUT2D eigenvalue weighted by Gasteiger charge is 2.31. The minimum Gasteiger partial charge on any atom is -0.357 e. The summed E-state index contributed by atoms with van der Waals surface area (Å²) in [5.74, 6) is -0.0450. The number of carbonyl (C=O) groups is 2. The average molecular weight is 255 g/mol. The van der Waals surface area contributed by atoms with Gasteiger partial charge in [-0.2, -0.15) is 0 Å². The van der Waals surface area contributed by atoms with Crippen molar-refractivity contribution >= 4 is 11.8 Å². The molecule has 1 heterocycles. The summed E-state index contributed by atoms with van der Waals surface area (Å²) in [5, 5.41) is 2.63. The highest BCUT2D eigenvalue weighted by atomic mass is 16.2. The Labute approximate surface area is 109 Å². The summed E-state index contributed by atoms with van der Waals surface area (Å²) >= 11 is 0. The third-order valence-corrected chi connectivity index (χ3v) is 3.47. The fourth-order valence-corrected chi connectivity index (χ4v) is 2.48. The zero-order valence-corrected chi connectivity index (χ0v) is 11.4. The number of nitrogens with zero attached hydrogens (tertiary/aromatic N) is 1. The summed E-state index contributed by atoms with van der Waals surface area (Å²) in [7, 11) is 1.61. The molecule has 18 heavy (non-hydrogen) atoms. The van der Waals surface area contributed by atoms with E-state index >= 15 is 0 Å². The molecular weight excluding hydrogens is 230 g/mol. The lowest BCUT2D eigenvalue weighted by Gasteiger charge is -2.35. The van der Waals surface area contributed by atoms with Crippen molar-refractivity contribution in [2.45, 2.75) is 57.5 Å². The molecule has 0 aromatic heterocycles. The van der Waals surface area contributed by atoms with Crippen LogP contribution >= 0.6 is 0 Å². The van der Waals surface area contributed by atoms with Crippen LogP contribution in [0.1, 0.15) is 45.4 Å². The third kappa shape index (κ3) is 3.98. The minimum atomic E-state index is -0.301. The zero-order chi connectivity index (χ0) is 13.5. The maximum atomic E-state index is 12.2. The van der Waals surface area contributed by atoms with E-state index in [1.54, 1.807) is 11.9 Å². The van der Waals surface area contributed by atoms with E-state index < -0.39 is 0 Å². The van der Waals surface area contributed by atoms with E-state index in [1.165, 1.54) is 0 Å². The summed E-state index contributed by atoms with van der Waals surface area (Å²) < 4.78 is 0. The Morgan fingerprint density at radius 2 is 2.17 bits per heavy atom. The number of rotatable bonds is 5. The average Bonchev–Trinajstić information content (AvgIpc) is 2.38. The van der Waals surface area contributed by atoms with Crippen molar-refractivity contribution in [2.75, 3.05) is 13.6 Å². The van der Waals surface area contributed by atoms with Gasteiger partial charge in [0.05, 0.1) is 0 Å². The van der Waals surface area contributed by atoms with Crippen LogP contribution < -0.4 is 11.1 Å². The van der Waals surface area contributed by atoms with E-state index in [-0.39, 0.29) is 23.9 Å². The molecule has 104 valence electrons. The van der Waals surface area contributed by atoms with Gasteiger partial charge in [0, 0.05) is 26.1 Å². The summed E-state index contributed by atoms with van der Waals surface area (Å²) in [4.78, 5) is 25.6. The molecule has 0 aromatic carbocycles. The molecule has 1 saturated heterocycles. The molecule has 2 atom stereocenters. The van der Waals surface area contributed by atoms with Crippen LogP contribution in [0.3, 0.4) is 0 Å². The molecule has 3 N–H and O–H groups in total. The molecule has 0 saturated carbocycles. The molecular formula is C13H25N3O2. The second-order valence-corrected chi connectivity index (χ2v) is 4.97. The molecule has 5 heteroatoms. The number of hydrogen-bond acceptors (Lipinski definition) is 3.